The topological polar surface area (TPSA) is 87.3 Å². The van der Waals surface area contributed by atoms with E-state index < -0.39 is 5.97 Å². The number of esters is 1. The van der Waals surface area contributed by atoms with E-state index in [1.165, 1.54) is 13.3 Å². The summed E-state index contributed by atoms with van der Waals surface area (Å²) in [6.07, 6.45) is 3.79. The van der Waals surface area contributed by atoms with Gasteiger partial charge in [0.2, 0.25) is 11.7 Å². The highest BCUT2D eigenvalue weighted by molar-refractivity contribution is 5.85. The Labute approximate surface area is 122 Å². The van der Waals surface area contributed by atoms with Gasteiger partial charge in [0.15, 0.2) is 0 Å². The molecule has 0 radical (unpaired) electrons. The van der Waals surface area contributed by atoms with E-state index in [4.69, 9.17) is 10.5 Å². The van der Waals surface area contributed by atoms with Crippen LogP contribution in [0.15, 0.2) is 43.1 Å². The molecule has 0 spiro atoms. The molecular formula is C15H15N3O3. The van der Waals surface area contributed by atoms with Crippen LogP contribution in [0, 0.1) is 0 Å². The first-order chi connectivity index (χ1) is 10.1. The van der Waals surface area contributed by atoms with E-state index in [9.17, 15) is 4.79 Å². The lowest BCUT2D eigenvalue weighted by molar-refractivity contribution is 0.0585. The first kappa shape index (κ1) is 14.5. The van der Waals surface area contributed by atoms with E-state index in [1.807, 2.05) is 0 Å². The summed E-state index contributed by atoms with van der Waals surface area (Å²) in [5, 5.41) is 0. The molecule has 0 amide bonds. The van der Waals surface area contributed by atoms with Crippen molar-refractivity contribution in [2.75, 3.05) is 12.8 Å². The molecule has 0 bridgehead atoms. The van der Waals surface area contributed by atoms with Gasteiger partial charge in [-0.15, -0.1) is 6.58 Å². The zero-order chi connectivity index (χ0) is 15.2. The van der Waals surface area contributed by atoms with Crippen LogP contribution in [0.25, 0.3) is 0 Å². The number of carbonyl (C=O) groups is 1. The van der Waals surface area contributed by atoms with Crippen LogP contribution < -0.4 is 10.5 Å². The molecule has 108 valence electrons. The maximum atomic E-state index is 11.4. The van der Waals surface area contributed by atoms with Crippen molar-refractivity contribution in [2.45, 2.75) is 6.42 Å². The van der Waals surface area contributed by atoms with Gasteiger partial charge in [-0.05, 0) is 24.6 Å². The zero-order valence-electron chi connectivity index (χ0n) is 11.6. The summed E-state index contributed by atoms with van der Waals surface area (Å²) in [5.74, 6) is 0.166. The van der Waals surface area contributed by atoms with Crippen LogP contribution in [0.2, 0.25) is 0 Å². The van der Waals surface area contributed by atoms with Crippen molar-refractivity contribution in [3.63, 3.8) is 0 Å². The van der Waals surface area contributed by atoms with Crippen molar-refractivity contribution >= 4 is 11.7 Å². The molecule has 2 rings (SSSR count). The monoisotopic (exact) mass is 285 g/mol. The molecule has 0 aliphatic carbocycles. The second-order valence-corrected chi connectivity index (χ2v) is 4.17. The van der Waals surface area contributed by atoms with Crippen molar-refractivity contribution in [3.05, 3.63) is 54.5 Å². The third kappa shape index (κ3) is 3.56. The fourth-order valence-corrected chi connectivity index (χ4v) is 1.72. The van der Waals surface area contributed by atoms with Gasteiger partial charge in [0.25, 0.3) is 0 Å². The summed E-state index contributed by atoms with van der Waals surface area (Å²) in [4.78, 5) is 19.2. The number of nitrogens with two attached hydrogens (primary N) is 1. The molecule has 0 aliphatic rings. The molecule has 6 heteroatoms. The summed E-state index contributed by atoms with van der Waals surface area (Å²) >= 11 is 0. The molecule has 6 nitrogen and oxygen atoms in total. The second kappa shape index (κ2) is 6.51. The molecule has 1 heterocycles. The molecule has 0 saturated carbocycles. The summed E-state index contributed by atoms with van der Waals surface area (Å²) in [7, 11) is 1.27. The van der Waals surface area contributed by atoms with Crippen molar-refractivity contribution < 1.29 is 14.3 Å². The van der Waals surface area contributed by atoms with Gasteiger partial charge >= 0.3 is 5.97 Å². The number of nitrogens with zero attached hydrogens (tertiary/aromatic N) is 2. The number of rotatable bonds is 5. The van der Waals surface area contributed by atoms with Gasteiger partial charge in [-0.1, -0.05) is 6.08 Å². The summed E-state index contributed by atoms with van der Waals surface area (Å²) in [6.45, 7) is 3.70. The zero-order valence-corrected chi connectivity index (χ0v) is 11.6. The Morgan fingerprint density at radius 1 is 1.43 bits per heavy atom. The summed E-state index contributed by atoms with van der Waals surface area (Å²) in [6, 6.07) is 6.83. The predicted octanol–water partition coefficient (Wildman–Crippen LogP) is 2.37. The van der Waals surface area contributed by atoms with E-state index in [0.717, 1.165) is 5.56 Å². The maximum absolute atomic E-state index is 11.4. The van der Waals surface area contributed by atoms with Crippen LogP contribution in [0.1, 0.15) is 16.2 Å². The van der Waals surface area contributed by atoms with Crippen LogP contribution in [0.3, 0.4) is 0 Å². The predicted molar refractivity (Wildman–Crippen MR) is 78.2 cm³/mol. The van der Waals surface area contributed by atoms with Crippen LogP contribution in [0.5, 0.6) is 11.6 Å². The minimum absolute atomic E-state index is 0.0595. The van der Waals surface area contributed by atoms with Gasteiger partial charge in [0.1, 0.15) is 5.75 Å². The Hall–Kier alpha value is -2.89. The fourth-order valence-electron chi connectivity index (χ4n) is 1.72. The Morgan fingerprint density at radius 2 is 2.24 bits per heavy atom. The van der Waals surface area contributed by atoms with E-state index in [2.05, 4.69) is 21.3 Å². The fraction of sp³-hybridized carbons (Fsp3) is 0.133. The van der Waals surface area contributed by atoms with E-state index in [0.29, 0.717) is 17.9 Å². The van der Waals surface area contributed by atoms with E-state index >= 15 is 0 Å². The number of methoxy groups -OCH3 is 1. The number of aromatic nitrogens is 2. The first-order valence-electron chi connectivity index (χ1n) is 6.22. The van der Waals surface area contributed by atoms with E-state index in [1.54, 1.807) is 30.3 Å². The van der Waals surface area contributed by atoms with Crippen LogP contribution >= 0.6 is 0 Å². The van der Waals surface area contributed by atoms with E-state index in [-0.39, 0.29) is 11.7 Å². The lowest BCUT2D eigenvalue weighted by Crippen LogP contribution is -2.07. The average molecular weight is 285 g/mol. The molecule has 1 aromatic heterocycles. The third-order valence-corrected chi connectivity index (χ3v) is 2.66. The lowest BCUT2D eigenvalue weighted by atomic mass is 10.1. The van der Waals surface area contributed by atoms with Crippen molar-refractivity contribution in [2.24, 2.45) is 0 Å². The number of nitrogen functional groups attached to an aromatic ring is 1. The van der Waals surface area contributed by atoms with Crippen molar-refractivity contribution in [3.8, 4) is 11.6 Å². The number of hydrogen-bond donors (Lipinski definition) is 1. The van der Waals surface area contributed by atoms with Gasteiger partial charge in [-0.25, -0.2) is 9.78 Å². The largest absolute Gasteiger partial charge is 0.463 e. The number of allylic oxidation sites excluding steroid dienone is 1. The second-order valence-electron chi connectivity index (χ2n) is 4.17. The Bertz CT molecular complexity index is 671. The third-order valence-electron chi connectivity index (χ3n) is 2.66. The molecule has 0 aliphatic heterocycles. The molecule has 0 fully saturated rings. The van der Waals surface area contributed by atoms with Crippen LogP contribution in [0.4, 0.5) is 5.69 Å². The number of ether oxygens (including phenoxy) is 2. The highest BCUT2D eigenvalue weighted by atomic mass is 16.5. The van der Waals surface area contributed by atoms with Gasteiger partial charge in [-0.2, -0.15) is 4.98 Å². The van der Waals surface area contributed by atoms with Gasteiger partial charge < -0.3 is 15.2 Å². The minimum atomic E-state index is -0.621. The quantitative estimate of drug-likeness (QED) is 0.515. The normalized spacial score (nSPS) is 9.95. The van der Waals surface area contributed by atoms with Crippen molar-refractivity contribution in [1.29, 1.82) is 0 Å². The first-order valence-corrected chi connectivity index (χ1v) is 6.22. The van der Waals surface area contributed by atoms with Gasteiger partial charge in [-0.3, -0.25) is 0 Å². The van der Waals surface area contributed by atoms with Crippen molar-refractivity contribution in [1.82, 2.24) is 9.97 Å². The molecule has 21 heavy (non-hydrogen) atoms. The molecule has 1 aromatic carbocycles. The Balaban J connectivity index is 2.29. The molecule has 2 N–H and O–H groups in total. The highest BCUT2D eigenvalue weighted by Crippen LogP contribution is 2.26. The molecule has 2 aromatic rings. The lowest BCUT2D eigenvalue weighted by Gasteiger charge is -2.10. The average Bonchev–Trinajstić information content (AvgIpc) is 2.50. The van der Waals surface area contributed by atoms with Gasteiger partial charge in [0, 0.05) is 23.5 Å². The highest BCUT2D eigenvalue weighted by Gasteiger charge is 2.11. The van der Waals surface area contributed by atoms with Gasteiger partial charge in [0.05, 0.1) is 7.11 Å². The molecular weight excluding hydrogens is 270 g/mol. The number of benzene rings is 1. The minimum Gasteiger partial charge on any atom is -0.463 e. The SMILES string of the molecule is C=CCc1cc(N)ccc1Oc1ccnc(C(=O)OC)n1. The number of carbonyl (C=O) groups excluding carboxylic acids is 1. The summed E-state index contributed by atoms with van der Waals surface area (Å²) < 4.78 is 10.3. The summed E-state index contributed by atoms with van der Waals surface area (Å²) in [5.41, 5.74) is 7.27. The van der Waals surface area contributed by atoms with Crippen LogP contribution in [-0.2, 0) is 11.2 Å². The molecule has 0 saturated heterocycles. The standard InChI is InChI=1S/C15H15N3O3/c1-3-4-10-9-11(16)5-6-12(10)21-13-7-8-17-14(18-13)15(19)20-2/h3,5-9H,1,4,16H2,2H3. The van der Waals surface area contributed by atoms with Crippen LogP contribution in [-0.4, -0.2) is 23.0 Å². The maximum Gasteiger partial charge on any atom is 0.376 e. The smallest absolute Gasteiger partial charge is 0.376 e. The molecule has 0 atom stereocenters. The Kier molecular flexibility index (Phi) is 4.50. The number of hydrogen-bond acceptors (Lipinski definition) is 6. The Morgan fingerprint density at radius 3 is 2.95 bits per heavy atom. The number of anilines is 1. The molecule has 0 unspecified atom stereocenters.